The minimum Gasteiger partial charge on any atom is -0.493 e. The van der Waals surface area contributed by atoms with Gasteiger partial charge >= 0.3 is 0 Å². The minimum atomic E-state index is 0.627. The molecule has 0 bridgehead atoms. The zero-order valence-corrected chi connectivity index (χ0v) is 16.8. The number of pyridine rings is 1. The summed E-state index contributed by atoms with van der Waals surface area (Å²) in [7, 11) is 4.77. The van der Waals surface area contributed by atoms with Gasteiger partial charge in [0.05, 0.1) is 21.3 Å². The van der Waals surface area contributed by atoms with Gasteiger partial charge in [-0.15, -0.1) is 0 Å². The minimum absolute atomic E-state index is 0.627. The number of nitrogens with zero attached hydrogens (tertiary/aromatic N) is 1. The van der Waals surface area contributed by atoms with E-state index in [0.29, 0.717) is 17.2 Å². The molecule has 0 N–H and O–H groups in total. The Morgan fingerprint density at radius 3 is 1.21 bits per heavy atom. The Morgan fingerprint density at radius 2 is 1.00 bits per heavy atom. The predicted molar refractivity (Wildman–Crippen MR) is 104 cm³/mol. The van der Waals surface area contributed by atoms with Crippen LogP contribution in [0.5, 0.6) is 17.2 Å². The van der Waals surface area contributed by atoms with Gasteiger partial charge in [0.1, 0.15) is 0 Å². The number of hydrogen-bond donors (Lipinski definition) is 0. The van der Waals surface area contributed by atoms with E-state index in [1.165, 1.54) is 0 Å². The highest BCUT2D eigenvalue weighted by molar-refractivity contribution is 5.50. The van der Waals surface area contributed by atoms with Crippen molar-refractivity contribution in [2.75, 3.05) is 21.3 Å². The highest BCUT2D eigenvalue weighted by Crippen LogP contribution is 2.35. The number of benzene rings is 1. The third kappa shape index (κ3) is 12.3. The first-order chi connectivity index (χ1) is 11.8. The molecule has 0 saturated carbocycles. The number of para-hydroxylation sites is 1. The van der Waals surface area contributed by atoms with E-state index in [4.69, 9.17) is 14.2 Å². The normalized spacial score (nSPS) is 7.38. The molecule has 4 heteroatoms. The first-order valence-electron chi connectivity index (χ1n) is 8.43. The fourth-order valence-electron chi connectivity index (χ4n) is 1.33. The number of ether oxygens (including phenoxy) is 3. The van der Waals surface area contributed by atoms with Crippen molar-refractivity contribution in [3.8, 4) is 17.2 Å². The molecule has 0 aliphatic rings. The Labute approximate surface area is 148 Å². The van der Waals surface area contributed by atoms with Gasteiger partial charge in [-0.05, 0) is 24.3 Å². The van der Waals surface area contributed by atoms with E-state index in [9.17, 15) is 0 Å². The zero-order valence-electron chi connectivity index (χ0n) is 16.8. The molecular weight excluding hydrogens is 302 g/mol. The monoisotopic (exact) mass is 337 g/mol. The van der Waals surface area contributed by atoms with Gasteiger partial charge in [-0.25, -0.2) is 0 Å². The van der Waals surface area contributed by atoms with E-state index in [1.54, 1.807) is 33.7 Å². The Kier molecular flexibility index (Phi) is 25.6. The number of rotatable bonds is 3. The van der Waals surface area contributed by atoms with Crippen molar-refractivity contribution < 1.29 is 14.2 Å². The maximum absolute atomic E-state index is 5.11. The molecule has 138 valence electrons. The molecule has 2 aromatic rings. The van der Waals surface area contributed by atoms with Gasteiger partial charge < -0.3 is 14.2 Å². The molecule has 0 saturated heterocycles. The van der Waals surface area contributed by atoms with E-state index in [0.717, 1.165) is 0 Å². The van der Waals surface area contributed by atoms with E-state index < -0.39 is 0 Å². The maximum atomic E-state index is 5.11. The van der Waals surface area contributed by atoms with Crippen molar-refractivity contribution in [1.82, 2.24) is 4.98 Å². The largest absolute Gasteiger partial charge is 0.493 e. The summed E-state index contributed by atoms with van der Waals surface area (Å²) in [6, 6.07) is 11.2. The summed E-state index contributed by atoms with van der Waals surface area (Å²) in [5, 5.41) is 0. The molecule has 2 rings (SSSR count). The van der Waals surface area contributed by atoms with Crippen LogP contribution in [0.1, 0.15) is 41.5 Å². The fourth-order valence-corrected chi connectivity index (χ4v) is 1.33. The number of hydrogen-bond acceptors (Lipinski definition) is 4. The second kappa shape index (κ2) is 23.0. The molecule has 1 aromatic carbocycles. The molecule has 0 fully saturated rings. The fraction of sp³-hybridized carbons (Fsp3) is 0.450. The molecule has 0 spiro atoms. The van der Waals surface area contributed by atoms with Crippen molar-refractivity contribution in [2.45, 2.75) is 41.5 Å². The van der Waals surface area contributed by atoms with Crippen LogP contribution in [0.2, 0.25) is 0 Å². The number of methoxy groups -OCH3 is 3. The quantitative estimate of drug-likeness (QED) is 0.702. The summed E-state index contributed by atoms with van der Waals surface area (Å²) in [4.78, 5) is 3.78. The Morgan fingerprint density at radius 1 is 0.583 bits per heavy atom. The van der Waals surface area contributed by atoms with Crippen molar-refractivity contribution in [2.24, 2.45) is 0 Å². The summed E-state index contributed by atoms with van der Waals surface area (Å²) in [6.07, 6.45) is 3.50. The molecule has 4 nitrogen and oxygen atoms in total. The predicted octanol–water partition coefficient (Wildman–Crippen LogP) is 5.87. The van der Waals surface area contributed by atoms with Crippen LogP contribution in [0.15, 0.2) is 48.8 Å². The Balaban J connectivity index is -0.000000309. The second-order valence-electron chi connectivity index (χ2n) is 3.22. The van der Waals surface area contributed by atoms with Gasteiger partial charge in [-0.2, -0.15) is 0 Å². The molecule has 0 aliphatic heterocycles. The summed E-state index contributed by atoms with van der Waals surface area (Å²) in [6.45, 7) is 12.0. The van der Waals surface area contributed by atoms with Crippen LogP contribution in [0, 0.1) is 0 Å². The molecule has 24 heavy (non-hydrogen) atoms. The lowest BCUT2D eigenvalue weighted by molar-refractivity contribution is 0.324. The van der Waals surface area contributed by atoms with Gasteiger partial charge in [0.2, 0.25) is 5.75 Å². The van der Waals surface area contributed by atoms with E-state index in [-0.39, 0.29) is 0 Å². The van der Waals surface area contributed by atoms with Crippen LogP contribution in [0.3, 0.4) is 0 Å². The SMILES string of the molecule is CC.CC.CC.COc1cccc(OC)c1OC.c1ccncc1. The standard InChI is InChI=1S/C9H12O3.C5H5N.3C2H6/c1-10-7-5-4-6-8(11-2)9(7)12-3;1-2-4-6-5-3-1;3*1-2/h4-6H,1-3H3;1-5H;3*1-2H3. The summed E-state index contributed by atoms with van der Waals surface area (Å²) < 4.78 is 15.3. The lowest BCUT2D eigenvalue weighted by Crippen LogP contribution is -1.93. The Bertz CT molecular complexity index is 399. The van der Waals surface area contributed by atoms with Gasteiger partial charge in [-0.3, -0.25) is 4.98 Å². The van der Waals surface area contributed by atoms with Crippen LogP contribution < -0.4 is 14.2 Å². The zero-order chi connectivity index (χ0) is 19.2. The van der Waals surface area contributed by atoms with Gasteiger partial charge in [0.25, 0.3) is 0 Å². The molecule has 1 aromatic heterocycles. The summed E-state index contributed by atoms with van der Waals surface area (Å²) in [5.74, 6) is 1.98. The van der Waals surface area contributed by atoms with Crippen LogP contribution in [-0.2, 0) is 0 Å². The molecular formula is C20H35NO3. The highest BCUT2D eigenvalue weighted by Gasteiger charge is 2.08. The molecule has 0 unspecified atom stereocenters. The van der Waals surface area contributed by atoms with Crippen molar-refractivity contribution in [3.05, 3.63) is 48.8 Å². The third-order valence-corrected chi connectivity index (χ3v) is 2.15. The topological polar surface area (TPSA) is 40.6 Å². The molecule has 0 amide bonds. The molecule has 0 radical (unpaired) electrons. The van der Waals surface area contributed by atoms with Crippen LogP contribution in [-0.4, -0.2) is 26.3 Å². The third-order valence-electron chi connectivity index (χ3n) is 2.15. The highest BCUT2D eigenvalue weighted by atomic mass is 16.5. The van der Waals surface area contributed by atoms with Crippen LogP contribution in [0.4, 0.5) is 0 Å². The molecule has 0 aliphatic carbocycles. The van der Waals surface area contributed by atoms with Crippen molar-refractivity contribution in [3.63, 3.8) is 0 Å². The van der Waals surface area contributed by atoms with Gasteiger partial charge in [0, 0.05) is 12.4 Å². The molecule has 0 atom stereocenters. The molecule has 1 heterocycles. The first kappa shape index (κ1) is 26.7. The van der Waals surface area contributed by atoms with E-state index >= 15 is 0 Å². The van der Waals surface area contributed by atoms with Crippen molar-refractivity contribution in [1.29, 1.82) is 0 Å². The van der Waals surface area contributed by atoms with Gasteiger partial charge in [0.15, 0.2) is 11.5 Å². The lowest BCUT2D eigenvalue weighted by Gasteiger charge is -2.10. The van der Waals surface area contributed by atoms with Crippen molar-refractivity contribution >= 4 is 0 Å². The number of aromatic nitrogens is 1. The maximum Gasteiger partial charge on any atom is 0.203 e. The average molecular weight is 338 g/mol. The van der Waals surface area contributed by atoms with Crippen LogP contribution in [0.25, 0.3) is 0 Å². The summed E-state index contributed by atoms with van der Waals surface area (Å²) >= 11 is 0. The van der Waals surface area contributed by atoms with Gasteiger partial charge in [-0.1, -0.05) is 53.7 Å². The van der Waals surface area contributed by atoms with E-state index in [2.05, 4.69) is 4.98 Å². The van der Waals surface area contributed by atoms with Crippen LogP contribution >= 0.6 is 0 Å². The average Bonchev–Trinajstić information content (AvgIpc) is 2.73. The second-order valence-corrected chi connectivity index (χ2v) is 3.22. The Hall–Kier alpha value is -2.23. The lowest BCUT2D eigenvalue weighted by atomic mass is 10.3. The summed E-state index contributed by atoms with van der Waals surface area (Å²) in [5.41, 5.74) is 0. The smallest absolute Gasteiger partial charge is 0.203 e. The first-order valence-corrected chi connectivity index (χ1v) is 8.43. The van der Waals surface area contributed by atoms with E-state index in [1.807, 2.05) is 77.9 Å².